The number of aryl methyl sites for hydroxylation is 1. The lowest BCUT2D eigenvalue weighted by molar-refractivity contribution is -0.116. The summed E-state index contributed by atoms with van der Waals surface area (Å²) < 4.78 is 2.65. The van der Waals surface area contributed by atoms with Crippen LogP contribution in [0.25, 0.3) is 0 Å². The van der Waals surface area contributed by atoms with Crippen molar-refractivity contribution in [2.24, 2.45) is 0 Å². The number of hydrogen-bond acceptors (Lipinski definition) is 4. The average molecular weight is 408 g/mol. The van der Waals surface area contributed by atoms with Crippen molar-refractivity contribution >= 4 is 39.3 Å². The molecule has 1 atom stereocenters. The van der Waals surface area contributed by atoms with E-state index >= 15 is 0 Å². The zero-order valence-corrected chi connectivity index (χ0v) is 15.9. The Bertz CT molecular complexity index is 833. The van der Waals surface area contributed by atoms with Crippen LogP contribution < -0.4 is 10.9 Å². The highest BCUT2D eigenvalue weighted by Gasteiger charge is 2.28. The van der Waals surface area contributed by atoms with Gasteiger partial charge >= 0.3 is 0 Å². The minimum Gasteiger partial charge on any atom is -0.326 e. The van der Waals surface area contributed by atoms with Crippen LogP contribution in [0, 0.1) is 6.92 Å². The number of halogens is 1. The van der Waals surface area contributed by atoms with E-state index in [0.29, 0.717) is 12.2 Å². The van der Waals surface area contributed by atoms with Crippen molar-refractivity contribution in [3.8, 4) is 0 Å². The van der Waals surface area contributed by atoms with Gasteiger partial charge in [0, 0.05) is 33.6 Å². The van der Waals surface area contributed by atoms with Crippen LogP contribution in [0.5, 0.6) is 0 Å². The summed E-state index contributed by atoms with van der Waals surface area (Å²) in [5.74, 6) is 0.601. The van der Waals surface area contributed by atoms with E-state index in [2.05, 4.69) is 26.2 Å². The summed E-state index contributed by atoms with van der Waals surface area (Å²) in [6.07, 6.45) is 0.921. The first-order chi connectivity index (χ1) is 11.5. The molecule has 1 amide bonds. The molecule has 0 aliphatic carbocycles. The molecule has 1 unspecified atom stereocenters. The number of thioether (sulfide) groups is 1. The van der Waals surface area contributed by atoms with Gasteiger partial charge in [0.15, 0.2) is 5.16 Å². The summed E-state index contributed by atoms with van der Waals surface area (Å²) in [7, 11) is 0. The second kappa shape index (κ2) is 7.11. The van der Waals surface area contributed by atoms with E-state index in [0.717, 1.165) is 26.6 Å². The Balaban J connectivity index is 1.78. The molecule has 0 saturated heterocycles. The number of hydrogen-bond donors (Lipinski definition) is 1. The average Bonchev–Trinajstić information content (AvgIpc) is 2.92. The van der Waals surface area contributed by atoms with Crippen molar-refractivity contribution in [2.75, 3.05) is 11.1 Å². The second-order valence-electron chi connectivity index (χ2n) is 5.71. The number of amides is 1. The zero-order valence-electron chi connectivity index (χ0n) is 13.5. The van der Waals surface area contributed by atoms with Crippen molar-refractivity contribution in [3.05, 3.63) is 50.3 Å². The first kappa shape index (κ1) is 17.2. The van der Waals surface area contributed by atoms with Gasteiger partial charge in [-0.2, -0.15) is 0 Å². The molecule has 1 aliphatic rings. The number of aromatic nitrogens is 2. The molecule has 5 nitrogen and oxygen atoms in total. The van der Waals surface area contributed by atoms with Gasteiger partial charge in [0.05, 0.1) is 6.04 Å². The largest absolute Gasteiger partial charge is 0.326 e. The molecule has 24 heavy (non-hydrogen) atoms. The Morgan fingerprint density at radius 2 is 2.12 bits per heavy atom. The fourth-order valence-electron chi connectivity index (χ4n) is 2.84. The summed E-state index contributed by atoms with van der Waals surface area (Å²) in [6, 6.07) is 7.28. The number of carbonyl (C=O) groups excluding carboxylic acids is 1. The lowest BCUT2D eigenvalue weighted by atomic mass is 10.1. The molecule has 0 saturated carbocycles. The van der Waals surface area contributed by atoms with Gasteiger partial charge in [-0.3, -0.25) is 14.2 Å². The van der Waals surface area contributed by atoms with E-state index in [-0.39, 0.29) is 23.9 Å². The summed E-state index contributed by atoms with van der Waals surface area (Å²) in [6.45, 7) is 3.82. The predicted molar refractivity (Wildman–Crippen MR) is 99.8 cm³/mol. The van der Waals surface area contributed by atoms with Gasteiger partial charge in [-0.1, -0.05) is 34.6 Å². The molecule has 1 N–H and O–H groups in total. The molecule has 0 spiro atoms. The normalized spacial score (nSPS) is 16.0. The third kappa shape index (κ3) is 3.42. The number of carbonyl (C=O) groups is 1. The molecule has 1 aliphatic heterocycles. The lowest BCUT2D eigenvalue weighted by Crippen LogP contribution is -2.30. The number of benzene rings is 1. The van der Waals surface area contributed by atoms with Crippen LogP contribution in [0.3, 0.4) is 0 Å². The van der Waals surface area contributed by atoms with Gasteiger partial charge in [0.25, 0.3) is 5.56 Å². The predicted octanol–water partition coefficient (Wildman–Crippen LogP) is 3.55. The maximum absolute atomic E-state index is 12.7. The third-order valence-corrected chi connectivity index (χ3v) is 5.68. The van der Waals surface area contributed by atoms with Crippen LogP contribution in [-0.2, 0) is 11.2 Å². The van der Waals surface area contributed by atoms with Crippen LogP contribution >= 0.6 is 27.7 Å². The molecular weight excluding hydrogens is 390 g/mol. The highest BCUT2D eigenvalue weighted by Crippen LogP contribution is 2.32. The lowest BCUT2D eigenvalue weighted by Gasteiger charge is -2.15. The molecular formula is C17H18BrN3O2S. The van der Waals surface area contributed by atoms with E-state index in [1.165, 1.54) is 11.8 Å². The Morgan fingerprint density at radius 3 is 2.79 bits per heavy atom. The molecule has 126 valence electrons. The van der Waals surface area contributed by atoms with Crippen molar-refractivity contribution in [3.63, 3.8) is 0 Å². The molecule has 7 heteroatoms. The monoisotopic (exact) mass is 407 g/mol. The van der Waals surface area contributed by atoms with Crippen LogP contribution in [0.15, 0.2) is 38.7 Å². The fraction of sp³-hybridized carbons (Fsp3) is 0.353. The first-order valence-electron chi connectivity index (χ1n) is 7.79. The molecule has 3 rings (SSSR count). The molecule has 2 heterocycles. The summed E-state index contributed by atoms with van der Waals surface area (Å²) in [5, 5.41) is 3.60. The number of anilines is 1. The van der Waals surface area contributed by atoms with Crippen molar-refractivity contribution in [2.45, 2.75) is 37.9 Å². The van der Waals surface area contributed by atoms with E-state index in [9.17, 15) is 9.59 Å². The van der Waals surface area contributed by atoms with Gasteiger partial charge < -0.3 is 5.32 Å². The topological polar surface area (TPSA) is 64.0 Å². The van der Waals surface area contributed by atoms with Crippen LogP contribution in [0.1, 0.15) is 30.6 Å². The molecule has 1 aromatic heterocycles. The number of rotatable bonds is 4. The summed E-state index contributed by atoms with van der Waals surface area (Å²) >= 11 is 4.91. The minimum absolute atomic E-state index is 0.00792. The van der Waals surface area contributed by atoms with Gasteiger partial charge in [-0.05, 0) is 37.6 Å². The molecule has 1 aromatic carbocycles. The van der Waals surface area contributed by atoms with Crippen molar-refractivity contribution < 1.29 is 4.79 Å². The Hall–Kier alpha value is -1.60. The minimum atomic E-state index is -0.147. The third-order valence-electron chi connectivity index (χ3n) is 4.06. The van der Waals surface area contributed by atoms with E-state index in [1.54, 1.807) is 4.57 Å². The highest BCUT2D eigenvalue weighted by molar-refractivity contribution is 9.10. The van der Waals surface area contributed by atoms with Crippen LogP contribution in [0.2, 0.25) is 0 Å². The van der Waals surface area contributed by atoms with E-state index in [1.807, 2.05) is 38.1 Å². The Labute approximate surface area is 153 Å². The standard InChI is InChI=1S/C17H18BrN3O2S/c1-3-14-10(2)19-17-21(16(14)23)13(9-24-17)8-15(22)20-12-6-4-11(18)5-7-12/h4-7,13H,3,8-9H2,1-2H3,(H,20,22). The van der Waals surface area contributed by atoms with Gasteiger partial charge in [0.2, 0.25) is 5.91 Å². The van der Waals surface area contributed by atoms with E-state index in [4.69, 9.17) is 0 Å². The summed E-state index contributed by atoms with van der Waals surface area (Å²) in [5.41, 5.74) is 2.27. The summed E-state index contributed by atoms with van der Waals surface area (Å²) in [4.78, 5) is 29.5. The number of nitrogens with zero attached hydrogens (tertiary/aromatic N) is 2. The number of nitrogens with one attached hydrogen (secondary N) is 1. The molecule has 0 radical (unpaired) electrons. The van der Waals surface area contributed by atoms with Crippen LogP contribution in [0.4, 0.5) is 5.69 Å². The number of fused-ring (bicyclic) bond motifs is 1. The molecule has 0 bridgehead atoms. The quantitative estimate of drug-likeness (QED) is 0.786. The Morgan fingerprint density at radius 1 is 1.42 bits per heavy atom. The molecule has 0 fully saturated rings. The molecule has 2 aromatic rings. The van der Waals surface area contributed by atoms with Gasteiger partial charge in [-0.25, -0.2) is 4.98 Å². The second-order valence-corrected chi connectivity index (χ2v) is 7.61. The highest BCUT2D eigenvalue weighted by atomic mass is 79.9. The van der Waals surface area contributed by atoms with Crippen molar-refractivity contribution in [1.82, 2.24) is 9.55 Å². The first-order valence-corrected chi connectivity index (χ1v) is 9.57. The zero-order chi connectivity index (χ0) is 17.3. The maximum Gasteiger partial charge on any atom is 0.257 e. The smallest absolute Gasteiger partial charge is 0.257 e. The maximum atomic E-state index is 12.7. The van der Waals surface area contributed by atoms with E-state index < -0.39 is 0 Å². The van der Waals surface area contributed by atoms with Crippen LogP contribution in [-0.4, -0.2) is 21.2 Å². The van der Waals surface area contributed by atoms with Crippen molar-refractivity contribution in [1.29, 1.82) is 0 Å². The fourth-order valence-corrected chi connectivity index (χ4v) is 4.28. The van der Waals surface area contributed by atoms with Gasteiger partial charge in [0.1, 0.15) is 0 Å². The van der Waals surface area contributed by atoms with Gasteiger partial charge in [-0.15, -0.1) is 0 Å². The Kier molecular flexibility index (Phi) is 5.10. The SMILES string of the molecule is CCc1c(C)nc2n(c1=O)C(CC(=O)Nc1ccc(Br)cc1)CS2.